The van der Waals surface area contributed by atoms with Crippen molar-refractivity contribution in [3.05, 3.63) is 35.4 Å². The smallest absolute Gasteiger partial charge is 0.251 e. The highest BCUT2D eigenvalue weighted by atomic mass is 16.2. The van der Waals surface area contributed by atoms with E-state index in [0.717, 1.165) is 17.4 Å². The van der Waals surface area contributed by atoms with E-state index in [0.29, 0.717) is 18.0 Å². The van der Waals surface area contributed by atoms with Crippen molar-refractivity contribution in [3.8, 4) is 0 Å². The summed E-state index contributed by atoms with van der Waals surface area (Å²) >= 11 is 0. The number of hydrogen-bond donors (Lipinski definition) is 2. The van der Waals surface area contributed by atoms with Gasteiger partial charge in [0.05, 0.1) is 0 Å². The van der Waals surface area contributed by atoms with Gasteiger partial charge in [0.15, 0.2) is 0 Å². The molecular formula is C19H26N2O2. The summed E-state index contributed by atoms with van der Waals surface area (Å²) in [4.78, 5) is 23.3. The summed E-state index contributed by atoms with van der Waals surface area (Å²) in [5, 5.41) is 5.94. The number of carbonyl (C=O) groups excluding carboxylic acids is 2. The van der Waals surface area contributed by atoms with Crippen LogP contribution in [0.25, 0.3) is 0 Å². The van der Waals surface area contributed by atoms with E-state index in [-0.39, 0.29) is 17.9 Å². The monoisotopic (exact) mass is 314 g/mol. The second-order valence-electron chi connectivity index (χ2n) is 7.21. The van der Waals surface area contributed by atoms with Crippen molar-refractivity contribution >= 4 is 11.8 Å². The quantitative estimate of drug-likeness (QED) is 0.878. The number of fused-ring (bicyclic) bond motifs is 2. The van der Waals surface area contributed by atoms with Gasteiger partial charge in [0.25, 0.3) is 5.91 Å². The largest absolute Gasteiger partial charge is 0.352 e. The molecule has 124 valence electrons. The first kappa shape index (κ1) is 16.0. The zero-order valence-corrected chi connectivity index (χ0v) is 14.0. The van der Waals surface area contributed by atoms with Crippen LogP contribution in [-0.4, -0.2) is 17.9 Å². The summed E-state index contributed by atoms with van der Waals surface area (Å²) in [6.45, 7) is 4.14. The summed E-state index contributed by atoms with van der Waals surface area (Å²) in [5.74, 6) is 2.32. The number of carbonyl (C=O) groups is 2. The van der Waals surface area contributed by atoms with Crippen LogP contribution >= 0.6 is 0 Å². The van der Waals surface area contributed by atoms with E-state index >= 15 is 0 Å². The van der Waals surface area contributed by atoms with E-state index < -0.39 is 0 Å². The van der Waals surface area contributed by atoms with Crippen LogP contribution in [0.4, 0.5) is 0 Å². The molecule has 2 saturated carbocycles. The first-order valence-corrected chi connectivity index (χ1v) is 8.67. The molecule has 1 aromatic rings. The van der Waals surface area contributed by atoms with Gasteiger partial charge in [-0.25, -0.2) is 0 Å². The molecule has 0 aliphatic heterocycles. The third-order valence-corrected chi connectivity index (χ3v) is 5.55. The van der Waals surface area contributed by atoms with Crippen LogP contribution in [0.3, 0.4) is 0 Å². The van der Waals surface area contributed by atoms with Crippen molar-refractivity contribution in [2.45, 2.75) is 52.1 Å². The minimum absolute atomic E-state index is 0.00588. The Balaban J connectivity index is 1.54. The predicted octanol–water partition coefficient (Wildman–Crippen LogP) is 2.88. The Morgan fingerprint density at radius 2 is 1.91 bits per heavy atom. The van der Waals surface area contributed by atoms with Crippen LogP contribution in [0.2, 0.25) is 0 Å². The molecular weight excluding hydrogens is 288 g/mol. The summed E-state index contributed by atoms with van der Waals surface area (Å²) in [5.41, 5.74) is 1.68. The highest BCUT2D eigenvalue weighted by Gasteiger charge is 2.42. The molecule has 0 aromatic heterocycles. The highest BCUT2D eigenvalue weighted by molar-refractivity contribution is 5.94. The molecule has 4 heteroatoms. The lowest BCUT2D eigenvalue weighted by Gasteiger charge is -2.28. The Bertz CT molecular complexity index is 582. The molecule has 0 heterocycles. The van der Waals surface area contributed by atoms with Gasteiger partial charge < -0.3 is 10.6 Å². The highest BCUT2D eigenvalue weighted by Crippen LogP contribution is 2.49. The third kappa shape index (κ3) is 3.74. The van der Waals surface area contributed by atoms with Gasteiger partial charge in [0.2, 0.25) is 5.91 Å². The Hall–Kier alpha value is -1.84. The number of hydrogen-bond acceptors (Lipinski definition) is 2. The molecule has 2 aliphatic carbocycles. The lowest BCUT2D eigenvalue weighted by Crippen LogP contribution is -2.40. The summed E-state index contributed by atoms with van der Waals surface area (Å²) in [6, 6.07) is 7.71. The maximum Gasteiger partial charge on any atom is 0.251 e. The van der Waals surface area contributed by atoms with Gasteiger partial charge in [-0.15, -0.1) is 0 Å². The molecule has 3 rings (SSSR count). The van der Waals surface area contributed by atoms with Crippen LogP contribution in [-0.2, 0) is 11.3 Å². The van der Waals surface area contributed by atoms with Crippen LogP contribution < -0.4 is 10.6 Å². The first-order valence-electron chi connectivity index (χ1n) is 8.67. The van der Waals surface area contributed by atoms with Crippen molar-refractivity contribution in [1.29, 1.82) is 0 Å². The fourth-order valence-electron chi connectivity index (χ4n) is 4.30. The SMILES string of the molecule is CC(=O)NCc1ccc(C(=O)NC(C)C2CC3CCC2C3)cc1. The molecule has 23 heavy (non-hydrogen) atoms. The average molecular weight is 314 g/mol. The first-order chi connectivity index (χ1) is 11.0. The zero-order chi connectivity index (χ0) is 16.4. The lowest BCUT2D eigenvalue weighted by atomic mass is 9.84. The zero-order valence-electron chi connectivity index (χ0n) is 14.0. The standard InChI is InChI=1S/C19H26N2O2/c1-12(18-10-15-5-8-17(18)9-15)21-19(23)16-6-3-14(4-7-16)11-20-13(2)22/h3-4,6-7,12,15,17-18H,5,8-11H2,1-2H3,(H,20,22)(H,21,23). The Morgan fingerprint density at radius 3 is 2.48 bits per heavy atom. The molecule has 2 fully saturated rings. The molecule has 2 aliphatic rings. The second-order valence-corrected chi connectivity index (χ2v) is 7.21. The van der Waals surface area contributed by atoms with Gasteiger partial charge >= 0.3 is 0 Å². The molecule has 4 unspecified atom stereocenters. The maximum atomic E-state index is 12.4. The van der Waals surface area contributed by atoms with Gasteiger partial charge in [0.1, 0.15) is 0 Å². The number of nitrogens with one attached hydrogen (secondary N) is 2. The normalized spacial score (nSPS) is 26.8. The average Bonchev–Trinajstić information content (AvgIpc) is 3.16. The van der Waals surface area contributed by atoms with E-state index in [1.165, 1.54) is 32.6 Å². The van der Waals surface area contributed by atoms with Crippen LogP contribution in [0.5, 0.6) is 0 Å². The van der Waals surface area contributed by atoms with E-state index in [9.17, 15) is 9.59 Å². The van der Waals surface area contributed by atoms with Crippen LogP contribution in [0, 0.1) is 17.8 Å². The molecule has 2 bridgehead atoms. The van der Waals surface area contributed by atoms with Gasteiger partial charge in [-0.2, -0.15) is 0 Å². The fourth-order valence-corrected chi connectivity index (χ4v) is 4.30. The van der Waals surface area contributed by atoms with Crippen LogP contribution in [0.15, 0.2) is 24.3 Å². The van der Waals surface area contributed by atoms with Crippen molar-refractivity contribution in [2.24, 2.45) is 17.8 Å². The summed E-state index contributed by atoms with van der Waals surface area (Å²) in [7, 11) is 0. The molecule has 4 atom stereocenters. The molecule has 2 amide bonds. The van der Waals surface area contributed by atoms with Crippen molar-refractivity contribution in [3.63, 3.8) is 0 Å². The van der Waals surface area contributed by atoms with E-state index in [1.54, 1.807) is 0 Å². The molecule has 0 spiro atoms. The predicted molar refractivity (Wildman–Crippen MR) is 89.8 cm³/mol. The third-order valence-electron chi connectivity index (χ3n) is 5.55. The van der Waals surface area contributed by atoms with Crippen molar-refractivity contribution < 1.29 is 9.59 Å². The molecule has 2 N–H and O–H groups in total. The molecule has 0 radical (unpaired) electrons. The van der Waals surface area contributed by atoms with Gasteiger partial charge in [-0.1, -0.05) is 18.6 Å². The van der Waals surface area contributed by atoms with Gasteiger partial charge in [0, 0.05) is 25.1 Å². The minimum atomic E-state index is -0.0495. The van der Waals surface area contributed by atoms with Gasteiger partial charge in [-0.05, 0) is 61.6 Å². The van der Waals surface area contributed by atoms with Gasteiger partial charge in [-0.3, -0.25) is 9.59 Å². The minimum Gasteiger partial charge on any atom is -0.352 e. The van der Waals surface area contributed by atoms with Crippen LogP contribution in [0.1, 0.15) is 55.5 Å². The van der Waals surface area contributed by atoms with E-state index in [1.807, 2.05) is 24.3 Å². The Kier molecular flexibility index (Phi) is 4.69. The number of rotatable bonds is 5. The maximum absolute atomic E-state index is 12.4. The molecule has 4 nitrogen and oxygen atoms in total. The number of amides is 2. The van der Waals surface area contributed by atoms with Crippen molar-refractivity contribution in [2.75, 3.05) is 0 Å². The molecule has 0 saturated heterocycles. The van der Waals surface area contributed by atoms with Crippen molar-refractivity contribution in [1.82, 2.24) is 10.6 Å². The fraction of sp³-hybridized carbons (Fsp3) is 0.579. The lowest BCUT2D eigenvalue weighted by molar-refractivity contribution is -0.119. The van der Waals surface area contributed by atoms with E-state index in [2.05, 4.69) is 17.6 Å². The second kappa shape index (κ2) is 6.73. The summed E-state index contributed by atoms with van der Waals surface area (Å²) in [6.07, 6.45) is 5.37. The van der Waals surface area contributed by atoms with E-state index in [4.69, 9.17) is 0 Å². The summed E-state index contributed by atoms with van der Waals surface area (Å²) < 4.78 is 0. The topological polar surface area (TPSA) is 58.2 Å². The number of benzene rings is 1. The molecule has 1 aromatic carbocycles. The Labute approximate surface area is 138 Å². The Morgan fingerprint density at radius 1 is 1.17 bits per heavy atom.